The maximum atomic E-state index is 12.2. The zero-order valence-corrected chi connectivity index (χ0v) is 14.9. The summed E-state index contributed by atoms with van der Waals surface area (Å²) in [5, 5.41) is 11.0. The molecule has 2 aromatic heterocycles. The molecule has 3 aromatic rings. The van der Waals surface area contributed by atoms with E-state index in [1.54, 1.807) is 4.57 Å². The van der Waals surface area contributed by atoms with Crippen molar-refractivity contribution in [3.05, 3.63) is 52.5 Å². The Balaban J connectivity index is 1.51. The van der Waals surface area contributed by atoms with Crippen molar-refractivity contribution in [1.29, 1.82) is 0 Å². The molecule has 0 saturated carbocycles. The van der Waals surface area contributed by atoms with Gasteiger partial charge in [-0.05, 0) is 30.1 Å². The molecule has 8 heteroatoms. The van der Waals surface area contributed by atoms with E-state index in [2.05, 4.69) is 25.2 Å². The first-order valence-electron chi connectivity index (χ1n) is 8.94. The number of hydrogen-bond acceptors (Lipinski definition) is 6. The summed E-state index contributed by atoms with van der Waals surface area (Å²) in [7, 11) is 0. The number of nitrogens with one attached hydrogen (secondary N) is 1. The average molecular weight is 354 g/mol. The van der Waals surface area contributed by atoms with Gasteiger partial charge < -0.3 is 9.42 Å². The van der Waals surface area contributed by atoms with E-state index in [4.69, 9.17) is 4.52 Å². The van der Waals surface area contributed by atoms with Crippen molar-refractivity contribution in [2.24, 2.45) is 0 Å². The molecule has 3 heterocycles. The highest BCUT2D eigenvalue weighted by atomic mass is 16.5. The summed E-state index contributed by atoms with van der Waals surface area (Å²) in [4.78, 5) is 18.8. The molecule has 0 amide bonds. The third-order valence-electron chi connectivity index (χ3n) is 4.78. The number of nitrogens with zero attached hydrogens (tertiary/aromatic N) is 5. The summed E-state index contributed by atoms with van der Waals surface area (Å²) in [5.41, 5.74) is 0.636. The molecule has 136 valence electrons. The molecule has 0 bridgehead atoms. The highest BCUT2D eigenvalue weighted by Gasteiger charge is 2.28. The van der Waals surface area contributed by atoms with Gasteiger partial charge >= 0.3 is 5.69 Å². The fraction of sp³-hybridized carbons (Fsp3) is 0.444. The molecule has 4 rings (SSSR count). The summed E-state index contributed by atoms with van der Waals surface area (Å²) < 4.78 is 6.98. The Morgan fingerprint density at radius 3 is 2.58 bits per heavy atom. The molecule has 1 aliphatic heterocycles. The number of hydrogen-bond donors (Lipinski definition) is 1. The van der Waals surface area contributed by atoms with Crippen molar-refractivity contribution in [2.75, 3.05) is 18.0 Å². The minimum Gasteiger partial charge on any atom is -0.338 e. The van der Waals surface area contributed by atoms with Crippen LogP contribution < -0.4 is 10.6 Å². The molecule has 0 atom stereocenters. The Kier molecular flexibility index (Phi) is 4.32. The van der Waals surface area contributed by atoms with Crippen LogP contribution in [0.1, 0.15) is 50.2 Å². The van der Waals surface area contributed by atoms with E-state index >= 15 is 0 Å². The molecule has 26 heavy (non-hydrogen) atoms. The van der Waals surface area contributed by atoms with Crippen LogP contribution in [0.3, 0.4) is 0 Å². The minimum absolute atomic E-state index is 0.201. The van der Waals surface area contributed by atoms with Gasteiger partial charge in [-0.1, -0.05) is 32.0 Å². The maximum Gasteiger partial charge on any atom is 0.347 e. The second-order valence-electron chi connectivity index (χ2n) is 6.91. The molecule has 0 aliphatic carbocycles. The summed E-state index contributed by atoms with van der Waals surface area (Å²) in [6.45, 7) is 5.67. The minimum atomic E-state index is -0.201. The Hall–Kier alpha value is -2.90. The number of aromatic amines is 1. The van der Waals surface area contributed by atoms with Crippen LogP contribution in [0.2, 0.25) is 0 Å². The molecule has 1 N–H and O–H groups in total. The van der Waals surface area contributed by atoms with Gasteiger partial charge in [0.05, 0.1) is 5.69 Å². The predicted molar refractivity (Wildman–Crippen MR) is 96.8 cm³/mol. The van der Waals surface area contributed by atoms with E-state index in [1.165, 1.54) is 0 Å². The molecule has 8 nitrogen and oxygen atoms in total. The predicted octanol–water partition coefficient (Wildman–Crippen LogP) is 2.45. The quantitative estimate of drug-likeness (QED) is 0.773. The SMILES string of the molecule is CC(C)c1nc(N2CCC(c3n[nH]c(=O)n3-c3ccccc3)CC2)no1. The lowest BCUT2D eigenvalue weighted by molar-refractivity contribution is 0.362. The van der Waals surface area contributed by atoms with Crippen LogP contribution in [0.4, 0.5) is 5.95 Å². The molecule has 1 saturated heterocycles. The first kappa shape index (κ1) is 16.6. The van der Waals surface area contributed by atoms with Gasteiger partial charge in [0, 0.05) is 24.9 Å². The van der Waals surface area contributed by atoms with Gasteiger partial charge in [-0.3, -0.25) is 0 Å². The normalized spacial score (nSPS) is 15.7. The third-order valence-corrected chi connectivity index (χ3v) is 4.78. The standard InChI is InChI=1S/C18H22N6O2/c1-12(2)16-19-17(22-26-16)23-10-8-13(9-11-23)15-20-21-18(25)24(15)14-6-4-3-5-7-14/h3-7,12-13H,8-11H2,1-2H3,(H,21,25). The molecule has 0 radical (unpaired) electrons. The van der Waals surface area contributed by atoms with E-state index in [-0.39, 0.29) is 17.5 Å². The van der Waals surface area contributed by atoms with Gasteiger partial charge in [-0.15, -0.1) is 0 Å². The van der Waals surface area contributed by atoms with E-state index in [9.17, 15) is 4.79 Å². The summed E-state index contributed by atoms with van der Waals surface area (Å²) >= 11 is 0. The Bertz CT molecular complexity index is 919. The lowest BCUT2D eigenvalue weighted by Gasteiger charge is -2.30. The van der Waals surface area contributed by atoms with Crippen LogP contribution in [0.15, 0.2) is 39.6 Å². The average Bonchev–Trinajstić information content (AvgIpc) is 3.30. The number of piperidine rings is 1. The summed E-state index contributed by atoms with van der Waals surface area (Å²) in [5.74, 6) is 2.53. The lowest BCUT2D eigenvalue weighted by Crippen LogP contribution is -2.34. The zero-order valence-electron chi connectivity index (χ0n) is 14.9. The largest absolute Gasteiger partial charge is 0.347 e. The molecular formula is C18H22N6O2. The molecule has 1 aromatic carbocycles. The van der Waals surface area contributed by atoms with Crippen LogP contribution in [0, 0.1) is 0 Å². The molecule has 1 fully saturated rings. The van der Waals surface area contributed by atoms with Crippen LogP contribution in [0.25, 0.3) is 5.69 Å². The van der Waals surface area contributed by atoms with Gasteiger partial charge in [0.1, 0.15) is 5.82 Å². The molecule has 0 spiro atoms. The smallest absolute Gasteiger partial charge is 0.338 e. The van der Waals surface area contributed by atoms with E-state index in [0.29, 0.717) is 11.8 Å². The van der Waals surface area contributed by atoms with Crippen molar-refractivity contribution in [1.82, 2.24) is 24.9 Å². The van der Waals surface area contributed by atoms with Gasteiger partial charge in [0.25, 0.3) is 5.95 Å². The van der Waals surface area contributed by atoms with Gasteiger partial charge in [-0.25, -0.2) is 14.5 Å². The van der Waals surface area contributed by atoms with Crippen molar-refractivity contribution in [2.45, 2.75) is 38.5 Å². The van der Waals surface area contributed by atoms with Crippen molar-refractivity contribution >= 4 is 5.95 Å². The van der Waals surface area contributed by atoms with Gasteiger partial charge in [0.2, 0.25) is 5.89 Å². The van der Waals surface area contributed by atoms with Crippen LogP contribution in [0.5, 0.6) is 0 Å². The van der Waals surface area contributed by atoms with Crippen molar-refractivity contribution in [3.8, 4) is 5.69 Å². The molecular weight excluding hydrogens is 332 g/mol. The topological polar surface area (TPSA) is 92.8 Å². The number of para-hydroxylation sites is 1. The van der Waals surface area contributed by atoms with Gasteiger partial charge in [-0.2, -0.15) is 10.1 Å². The monoisotopic (exact) mass is 354 g/mol. The lowest BCUT2D eigenvalue weighted by atomic mass is 9.96. The molecule has 0 unspecified atom stereocenters. The van der Waals surface area contributed by atoms with E-state index < -0.39 is 0 Å². The number of benzene rings is 1. The fourth-order valence-electron chi connectivity index (χ4n) is 3.34. The first-order chi connectivity index (χ1) is 12.6. The third kappa shape index (κ3) is 3.02. The summed E-state index contributed by atoms with van der Waals surface area (Å²) in [6.07, 6.45) is 1.76. The van der Waals surface area contributed by atoms with Gasteiger partial charge in [0.15, 0.2) is 0 Å². The fourth-order valence-corrected chi connectivity index (χ4v) is 3.34. The highest BCUT2D eigenvalue weighted by Crippen LogP contribution is 2.29. The van der Waals surface area contributed by atoms with E-state index in [0.717, 1.165) is 37.4 Å². The first-order valence-corrected chi connectivity index (χ1v) is 8.94. The highest BCUT2D eigenvalue weighted by molar-refractivity contribution is 5.34. The van der Waals surface area contributed by atoms with Crippen molar-refractivity contribution < 1.29 is 4.52 Å². The maximum absolute atomic E-state index is 12.2. The van der Waals surface area contributed by atoms with Crippen LogP contribution in [-0.2, 0) is 0 Å². The summed E-state index contributed by atoms with van der Waals surface area (Å²) in [6, 6.07) is 9.61. The Morgan fingerprint density at radius 2 is 1.92 bits per heavy atom. The Morgan fingerprint density at radius 1 is 1.19 bits per heavy atom. The Labute approximate surface area is 150 Å². The number of rotatable bonds is 4. The number of anilines is 1. The number of H-pyrrole nitrogens is 1. The van der Waals surface area contributed by atoms with Crippen molar-refractivity contribution in [3.63, 3.8) is 0 Å². The number of aromatic nitrogens is 5. The van der Waals surface area contributed by atoms with E-state index in [1.807, 2.05) is 44.2 Å². The second kappa shape index (κ2) is 6.78. The zero-order chi connectivity index (χ0) is 18.1. The van der Waals surface area contributed by atoms with Crippen LogP contribution in [-0.4, -0.2) is 38.0 Å². The van der Waals surface area contributed by atoms with Crippen LogP contribution >= 0.6 is 0 Å². The molecule has 1 aliphatic rings. The second-order valence-corrected chi connectivity index (χ2v) is 6.91.